The standard InChI is InChI=1S/C13H15NO4S/c1-17-12(15)10-8-19-11(14(10)13(16)18-2)9-6-4-3-5-7-9/h3-7,10-11H,8H2,1-2H3. The maximum atomic E-state index is 11.9. The van der Waals surface area contributed by atoms with Crippen LogP contribution in [0.2, 0.25) is 0 Å². The molecule has 2 atom stereocenters. The third kappa shape index (κ3) is 2.68. The molecule has 0 radical (unpaired) electrons. The number of thioether (sulfide) groups is 1. The Kier molecular flexibility index (Phi) is 4.31. The van der Waals surface area contributed by atoms with Gasteiger partial charge in [0.2, 0.25) is 0 Å². The zero-order chi connectivity index (χ0) is 13.8. The highest BCUT2D eigenvalue weighted by atomic mass is 32.2. The van der Waals surface area contributed by atoms with Crippen LogP contribution in [0.1, 0.15) is 10.9 Å². The highest BCUT2D eigenvalue weighted by molar-refractivity contribution is 7.99. The Balaban J connectivity index is 2.29. The molecule has 0 aromatic heterocycles. The van der Waals surface area contributed by atoms with Crippen molar-refractivity contribution in [2.75, 3.05) is 20.0 Å². The number of carbonyl (C=O) groups is 2. The third-order valence-corrected chi connectivity index (χ3v) is 4.27. The van der Waals surface area contributed by atoms with Gasteiger partial charge in [-0.25, -0.2) is 9.59 Å². The monoisotopic (exact) mass is 281 g/mol. The van der Waals surface area contributed by atoms with Crippen LogP contribution in [0.5, 0.6) is 0 Å². The van der Waals surface area contributed by atoms with Crippen LogP contribution in [0.3, 0.4) is 0 Å². The predicted octanol–water partition coefficient (Wildman–Crippen LogP) is 2.04. The molecule has 6 heteroatoms. The van der Waals surface area contributed by atoms with Gasteiger partial charge in [0.25, 0.3) is 0 Å². The molecule has 1 aliphatic rings. The van der Waals surface area contributed by atoms with Gasteiger partial charge in [-0.3, -0.25) is 4.90 Å². The lowest BCUT2D eigenvalue weighted by Gasteiger charge is -2.26. The van der Waals surface area contributed by atoms with Crippen molar-refractivity contribution in [3.8, 4) is 0 Å². The summed E-state index contributed by atoms with van der Waals surface area (Å²) < 4.78 is 9.52. The van der Waals surface area contributed by atoms with Gasteiger partial charge in [0.1, 0.15) is 11.4 Å². The number of amides is 1. The molecule has 0 saturated carbocycles. The molecule has 1 amide bonds. The highest BCUT2D eigenvalue weighted by Crippen LogP contribution is 2.41. The van der Waals surface area contributed by atoms with E-state index in [1.54, 1.807) is 0 Å². The highest BCUT2D eigenvalue weighted by Gasteiger charge is 2.43. The Hall–Kier alpha value is -1.69. The molecule has 0 spiro atoms. The SMILES string of the molecule is COC(=O)C1CSC(c2ccccc2)N1C(=O)OC. The Morgan fingerprint density at radius 2 is 1.89 bits per heavy atom. The molecular formula is C13H15NO4S. The molecule has 1 aliphatic heterocycles. The number of rotatable bonds is 2. The fourth-order valence-corrected chi connectivity index (χ4v) is 3.43. The van der Waals surface area contributed by atoms with E-state index >= 15 is 0 Å². The van der Waals surface area contributed by atoms with E-state index in [1.807, 2.05) is 30.3 Å². The van der Waals surface area contributed by atoms with Crippen LogP contribution in [0.4, 0.5) is 4.79 Å². The summed E-state index contributed by atoms with van der Waals surface area (Å²) >= 11 is 1.52. The fourth-order valence-electron chi connectivity index (χ4n) is 2.03. The predicted molar refractivity (Wildman–Crippen MR) is 71.7 cm³/mol. The van der Waals surface area contributed by atoms with E-state index in [9.17, 15) is 9.59 Å². The first-order valence-electron chi connectivity index (χ1n) is 5.79. The Morgan fingerprint density at radius 1 is 1.21 bits per heavy atom. The van der Waals surface area contributed by atoms with Crippen LogP contribution in [0.25, 0.3) is 0 Å². The van der Waals surface area contributed by atoms with E-state index in [-0.39, 0.29) is 5.37 Å². The molecule has 1 saturated heterocycles. The van der Waals surface area contributed by atoms with Crippen molar-refractivity contribution in [2.45, 2.75) is 11.4 Å². The van der Waals surface area contributed by atoms with Crippen LogP contribution in [0.15, 0.2) is 30.3 Å². The summed E-state index contributed by atoms with van der Waals surface area (Å²) in [5.74, 6) is 0.0813. The van der Waals surface area contributed by atoms with Crippen LogP contribution >= 0.6 is 11.8 Å². The maximum Gasteiger partial charge on any atom is 0.411 e. The second-order valence-electron chi connectivity index (χ2n) is 4.01. The van der Waals surface area contributed by atoms with Crippen molar-refractivity contribution >= 4 is 23.8 Å². The summed E-state index contributed by atoms with van der Waals surface area (Å²) in [5, 5.41) is -0.224. The first-order chi connectivity index (χ1) is 9.19. The van der Waals surface area contributed by atoms with Crippen molar-refractivity contribution in [1.82, 2.24) is 4.90 Å². The van der Waals surface area contributed by atoms with Gasteiger partial charge >= 0.3 is 12.1 Å². The number of benzene rings is 1. The van der Waals surface area contributed by atoms with Gasteiger partial charge in [0.05, 0.1) is 14.2 Å². The van der Waals surface area contributed by atoms with Crippen molar-refractivity contribution in [2.24, 2.45) is 0 Å². The van der Waals surface area contributed by atoms with Gasteiger partial charge in [-0.2, -0.15) is 0 Å². The van der Waals surface area contributed by atoms with Crippen molar-refractivity contribution < 1.29 is 19.1 Å². The Labute approximate surface area is 115 Å². The molecule has 19 heavy (non-hydrogen) atoms. The number of esters is 1. The van der Waals surface area contributed by atoms with Crippen molar-refractivity contribution in [3.05, 3.63) is 35.9 Å². The molecule has 2 rings (SSSR count). The van der Waals surface area contributed by atoms with Gasteiger partial charge in [0.15, 0.2) is 0 Å². The molecule has 1 aromatic rings. The van der Waals surface area contributed by atoms with Gasteiger partial charge in [0, 0.05) is 5.75 Å². The lowest BCUT2D eigenvalue weighted by Crippen LogP contribution is -2.43. The molecular weight excluding hydrogens is 266 g/mol. The van der Waals surface area contributed by atoms with Gasteiger partial charge in [-0.15, -0.1) is 11.8 Å². The summed E-state index contributed by atoms with van der Waals surface area (Å²) in [5.41, 5.74) is 0.962. The average Bonchev–Trinajstić information content (AvgIpc) is 2.91. The summed E-state index contributed by atoms with van der Waals surface area (Å²) in [4.78, 5) is 25.1. The molecule has 1 heterocycles. The van der Waals surface area contributed by atoms with E-state index in [0.717, 1.165) is 5.56 Å². The number of nitrogens with zero attached hydrogens (tertiary/aromatic N) is 1. The van der Waals surface area contributed by atoms with Gasteiger partial charge in [-0.1, -0.05) is 30.3 Å². The third-order valence-electron chi connectivity index (χ3n) is 2.94. The summed E-state index contributed by atoms with van der Waals surface area (Å²) in [6, 6.07) is 8.95. The van der Waals surface area contributed by atoms with Crippen LogP contribution in [-0.2, 0) is 14.3 Å². The first kappa shape index (κ1) is 13.7. The minimum atomic E-state index is -0.604. The quantitative estimate of drug-likeness (QED) is 0.776. The van der Waals surface area contributed by atoms with Gasteiger partial charge in [-0.05, 0) is 5.56 Å². The Morgan fingerprint density at radius 3 is 2.47 bits per heavy atom. The molecule has 0 aliphatic carbocycles. The summed E-state index contributed by atoms with van der Waals surface area (Å²) in [6.07, 6.45) is -0.519. The average molecular weight is 281 g/mol. The summed E-state index contributed by atoms with van der Waals surface area (Å²) in [6.45, 7) is 0. The lowest BCUT2D eigenvalue weighted by molar-refractivity contribution is -0.145. The molecule has 1 aromatic carbocycles. The zero-order valence-corrected chi connectivity index (χ0v) is 11.6. The number of hydrogen-bond donors (Lipinski definition) is 0. The normalized spacial score (nSPS) is 22.1. The molecule has 0 N–H and O–H groups in total. The lowest BCUT2D eigenvalue weighted by atomic mass is 10.2. The number of ether oxygens (including phenoxy) is 2. The molecule has 2 unspecified atom stereocenters. The van der Waals surface area contributed by atoms with E-state index in [0.29, 0.717) is 5.75 Å². The van der Waals surface area contributed by atoms with Crippen LogP contribution in [-0.4, -0.2) is 43.0 Å². The molecule has 0 bridgehead atoms. The van der Waals surface area contributed by atoms with Crippen molar-refractivity contribution in [1.29, 1.82) is 0 Å². The minimum absolute atomic E-state index is 0.224. The largest absolute Gasteiger partial charge is 0.467 e. The second kappa shape index (κ2) is 5.97. The maximum absolute atomic E-state index is 11.9. The summed E-state index contributed by atoms with van der Waals surface area (Å²) in [7, 11) is 2.63. The topological polar surface area (TPSA) is 55.8 Å². The van der Waals surface area contributed by atoms with Gasteiger partial charge < -0.3 is 9.47 Å². The second-order valence-corrected chi connectivity index (χ2v) is 5.13. The van der Waals surface area contributed by atoms with E-state index < -0.39 is 18.1 Å². The molecule has 5 nitrogen and oxygen atoms in total. The fraction of sp³-hybridized carbons (Fsp3) is 0.385. The number of hydrogen-bond acceptors (Lipinski definition) is 5. The van der Waals surface area contributed by atoms with E-state index in [2.05, 4.69) is 0 Å². The molecule has 1 fully saturated rings. The minimum Gasteiger partial charge on any atom is -0.467 e. The molecule has 102 valence electrons. The number of carbonyl (C=O) groups excluding carboxylic acids is 2. The van der Waals surface area contributed by atoms with Crippen LogP contribution < -0.4 is 0 Å². The number of methoxy groups -OCH3 is 2. The first-order valence-corrected chi connectivity index (χ1v) is 6.84. The van der Waals surface area contributed by atoms with Crippen LogP contribution in [0, 0.1) is 0 Å². The smallest absolute Gasteiger partial charge is 0.411 e. The Bertz CT molecular complexity index is 465. The van der Waals surface area contributed by atoms with E-state index in [1.165, 1.54) is 30.9 Å². The zero-order valence-electron chi connectivity index (χ0n) is 10.7. The van der Waals surface area contributed by atoms with Crippen molar-refractivity contribution in [3.63, 3.8) is 0 Å². The van der Waals surface area contributed by atoms with E-state index in [4.69, 9.17) is 9.47 Å².